The monoisotopic (exact) mass is 384 g/mol. The molecule has 2 unspecified atom stereocenters. The van der Waals surface area contributed by atoms with E-state index in [-0.39, 0.29) is 18.1 Å². The summed E-state index contributed by atoms with van der Waals surface area (Å²) in [6.45, 7) is 2.86. The maximum Gasteiger partial charge on any atom is 0.158 e. The number of benzene rings is 2. The van der Waals surface area contributed by atoms with Gasteiger partial charge in [0.1, 0.15) is 41.6 Å². The topological polar surface area (TPSA) is 36.9 Å². The van der Waals surface area contributed by atoms with Gasteiger partial charge in [-0.1, -0.05) is 24.9 Å². The third kappa shape index (κ3) is 5.06. The number of rotatable bonds is 7. The molecule has 26 heavy (non-hydrogen) atoms. The first kappa shape index (κ1) is 18.9. The highest BCUT2D eigenvalue weighted by Gasteiger charge is 2.25. The normalized spacial score (nSPS) is 19.5. The second-order valence-corrected chi connectivity index (χ2v) is 6.33. The van der Waals surface area contributed by atoms with E-state index in [2.05, 4.69) is 6.92 Å². The minimum atomic E-state index is -0.716. The predicted molar refractivity (Wildman–Crippen MR) is 92.9 cm³/mol. The van der Waals surface area contributed by atoms with E-state index in [1.807, 2.05) is 0 Å². The first-order chi connectivity index (χ1) is 12.5. The van der Waals surface area contributed by atoms with Crippen molar-refractivity contribution in [2.45, 2.75) is 32.2 Å². The van der Waals surface area contributed by atoms with E-state index in [4.69, 9.17) is 30.5 Å². The molecule has 0 N–H and O–H groups in total. The standard InChI is InChI=1S/C19H19ClF2O4/c1-2-3-19-24-11-16(26-19)10-23-18-5-4-14(9-17(18)20)25-15-7-12(21)6-13(22)8-15/h4-9,16,19H,2-3,10-11H2,1H3. The molecule has 2 aromatic carbocycles. The largest absolute Gasteiger partial charge is 0.489 e. The van der Waals surface area contributed by atoms with Crippen LogP contribution in [0, 0.1) is 11.6 Å². The van der Waals surface area contributed by atoms with Crippen molar-refractivity contribution in [3.8, 4) is 17.2 Å². The lowest BCUT2D eigenvalue weighted by Crippen LogP contribution is -2.21. The van der Waals surface area contributed by atoms with E-state index in [9.17, 15) is 8.78 Å². The average molecular weight is 385 g/mol. The van der Waals surface area contributed by atoms with Crippen molar-refractivity contribution >= 4 is 11.6 Å². The fourth-order valence-corrected chi connectivity index (χ4v) is 2.78. The Morgan fingerprint density at radius 2 is 1.88 bits per heavy atom. The van der Waals surface area contributed by atoms with Crippen molar-refractivity contribution in [2.24, 2.45) is 0 Å². The molecule has 140 valence electrons. The molecule has 0 saturated carbocycles. The van der Waals surface area contributed by atoms with Crippen molar-refractivity contribution in [1.82, 2.24) is 0 Å². The minimum absolute atomic E-state index is 0.0469. The third-order valence-corrected chi connectivity index (χ3v) is 4.03. The van der Waals surface area contributed by atoms with Gasteiger partial charge in [0.15, 0.2) is 6.29 Å². The fourth-order valence-electron chi connectivity index (χ4n) is 2.55. The van der Waals surface area contributed by atoms with Gasteiger partial charge in [-0.2, -0.15) is 0 Å². The van der Waals surface area contributed by atoms with Crippen molar-refractivity contribution in [3.63, 3.8) is 0 Å². The van der Waals surface area contributed by atoms with Gasteiger partial charge in [0, 0.05) is 24.3 Å². The highest BCUT2D eigenvalue weighted by atomic mass is 35.5. The van der Waals surface area contributed by atoms with Crippen LogP contribution >= 0.6 is 11.6 Å². The highest BCUT2D eigenvalue weighted by Crippen LogP contribution is 2.32. The molecule has 4 nitrogen and oxygen atoms in total. The summed E-state index contributed by atoms with van der Waals surface area (Å²) in [6.07, 6.45) is 1.52. The van der Waals surface area contributed by atoms with Crippen molar-refractivity contribution in [2.75, 3.05) is 13.2 Å². The second kappa shape index (κ2) is 8.66. The zero-order valence-electron chi connectivity index (χ0n) is 14.2. The Labute approximate surface area is 155 Å². The van der Waals surface area contributed by atoms with E-state index in [1.54, 1.807) is 12.1 Å². The summed E-state index contributed by atoms with van der Waals surface area (Å²) in [5.41, 5.74) is 0. The Bertz CT molecular complexity index is 736. The van der Waals surface area contributed by atoms with Crippen LogP contribution in [0.1, 0.15) is 19.8 Å². The molecule has 2 atom stereocenters. The molecule has 0 aromatic heterocycles. The van der Waals surface area contributed by atoms with Gasteiger partial charge in [0.2, 0.25) is 0 Å². The quantitative estimate of drug-likeness (QED) is 0.646. The molecule has 1 saturated heterocycles. The van der Waals surface area contributed by atoms with Crippen LogP contribution in [0.25, 0.3) is 0 Å². The zero-order valence-corrected chi connectivity index (χ0v) is 15.0. The van der Waals surface area contributed by atoms with Gasteiger partial charge in [-0.3, -0.25) is 0 Å². The molecule has 1 aliphatic rings. The Morgan fingerprint density at radius 1 is 1.12 bits per heavy atom. The summed E-state index contributed by atoms with van der Waals surface area (Å²) in [5.74, 6) is -0.578. The summed E-state index contributed by atoms with van der Waals surface area (Å²) in [6, 6.07) is 7.71. The molecule has 1 heterocycles. The van der Waals surface area contributed by atoms with E-state index < -0.39 is 11.6 Å². The van der Waals surface area contributed by atoms with E-state index in [1.165, 1.54) is 6.07 Å². The number of hydrogen-bond donors (Lipinski definition) is 0. The molecule has 1 fully saturated rings. The van der Waals surface area contributed by atoms with E-state index in [0.29, 0.717) is 29.7 Å². The summed E-state index contributed by atoms with van der Waals surface area (Å²) >= 11 is 6.20. The Morgan fingerprint density at radius 3 is 2.58 bits per heavy atom. The Hall–Kier alpha value is -1.89. The first-order valence-electron chi connectivity index (χ1n) is 8.37. The lowest BCUT2D eigenvalue weighted by Gasteiger charge is -2.14. The lowest BCUT2D eigenvalue weighted by atomic mass is 10.3. The van der Waals surface area contributed by atoms with Gasteiger partial charge in [-0.05, 0) is 18.6 Å². The van der Waals surface area contributed by atoms with Gasteiger partial charge in [-0.15, -0.1) is 0 Å². The molecule has 0 radical (unpaired) electrons. The summed E-state index contributed by atoms with van der Waals surface area (Å²) < 4.78 is 48.7. The van der Waals surface area contributed by atoms with Crippen LogP contribution in [-0.2, 0) is 9.47 Å². The van der Waals surface area contributed by atoms with Gasteiger partial charge in [0.05, 0.1) is 11.6 Å². The summed E-state index contributed by atoms with van der Waals surface area (Å²) in [4.78, 5) is 0. The van der Waals surface area contributed by atoms with Crippen LogP contribution < -0.4 is 9.47 Å². The Balaban J connectivity index is 1.57. The van der Waals surface area contributed by atoms with Crippen molar-refractivity contribution in [1.29, 1.82) is 0 Å². The first-order valence-corrected chi connectivity index (χ1v) is 8.74. The molecule has 2 aromatic rings. The molecule has 0 spiro atoms. The highest BCUT2D eigenvalue weighted by molar-refractivity contribution is 6.32. The summed E-state index contributed by atoms with van der Waals surface area (Å²) in [7, 11) is 0. The SMILES string of the molecule is CCCC1OCC(COc2ccc(Oc3cc(F)cc(F)c3)cc2Cl)O1. The van der Waals surface area contributed by atoms with Crippen LogP contribution in [-0.4, -0.2) is 25.6 Å². The molecule has 0 amide bonds. The molecule has 1 aliphatic heterocycles. The lowest BCUT2D eigenvalue weighted by molar-refractivity contribution is -0.0676. The number of halogens is 3. The molecule has 3 rings (SSSR count). The van der Waals surface area contributed by atoms with Crippen molar-refractivity contribution < 1.29 is 27.7 Å². The van der Waals surface area contributed by atoms with Crippen LogP contribution in [0.5, 0.6) is 17.2 Å². The molecule has 0 aliphatic carbocycles. The van der Waals surface area contributed by atoms with Gasteiger partial charge < -0.3 is 18.9 Å². The maximum absolute atomic E-state index is 13.2. The smallest absolute Gasteiger partial charge is 0.158 e. The van der Waals surface area contributed by atoms with Crippen LogP contribution in [0.15, 0.2) is 36.4 Å². The zero-order chi connectivity index (χ0) is 18.5. The van der Waals surface area contributed by atoms with Crippen LogP contribution in [0.2, 0.25) is 5.02 Å². The third-order valence-electron chi connectivity index (χ3n) is 3.74. The minimum Gasteiger partial charge on any atom is -0.489 e. The van der Waals surface area contributed by atoms with Gasteiger partial charge in [0.25, 0.3) is 0 Å². The van der Waals surface area contributed by atoms with Gasteiger partial charge in [-0.25, -0.2) is 8.78 Å². The summed E-state index contributed by atoms with van der Waals surface area (Å²) in [5, 5.41) is 0.323. The van der Waals surface area contributed by atoms with E-state index >= 15 is 0 Å². The van der Waals surface area contributed by atoms with Crippen LogP contribution in [0.3, 0.4) is 0 Å². The second-order valence-electron chi connectivity index (χ2n) is 5.92. The van der Waals surface area contributed by atoms with Gasteiger partial charge >= 0.3 is 0 Å². The average Bonchev–Trinajstić information content (AvgIpc) is 3.01. The predicted octanol–water partition coefficient (Wildman–Crippen LogP) is 5.33. The molecular formula is C19H19ClF2O4. The molecule has 7 heteroatoms. The fraction of sp³-hybridized carbons (Fsp3) is 0.368. The molecular weight excluding hydrogens is 366 g/mol. The van der Waals surface area contributed by atoms with Crippen LogP contribution in [0.4, 0.5) is 8.78 Å². The molecule has 0 bridgehead atoms. The van der Waals surface area contributed by atoms with E-state index in [0.717, 1.165) is 31.0 Å². The number of hydrogen-bond acceptors (Lipinski definition) is 4. The Kier molecular flexibility index (Phi) is 6.29. The number of ether oxygens (including phenoxy) is 4. The van der Waals surface area contributed by atoms with Crippen molar-refractivity contribution in [3.05, 3.63) is 53.1 Å². The maximum atomic E-state index is 13.2.